The maximum absolute atomic E-state index is 10.00. The number of aliphatic carboxylic acids is 2. The van der Waals surface area contributed by atoms with Crippen molar-refractivity contribution < 1.29 is 66.9 Å². The smallest absolute Gasteiger partial charge is 1.00 e. The van der Waals surface area contributed by atoms with Gasteiger partial charge in [0, 0.05) is 6.04 Å². The molecule has 0 aromatic rings. The van der Waals surface area contributed by atoms with E-state index in [1.54, 1.807) is 0 Å². The number of hydrogen-bond donors (Lipinski definition) is 2. The second kappa shape index (κ2) is 18.4. The van der Waals surface area contributed by atoms with Crippen LogP contribution >= 0.6 is 0 Å². The van der Waals surface area contributed by atoms with Crippen LogP contribution in [-0.4, -0.2) is 66.9 Å². The van der Waals surface area contributed by atoms with E-state index in [0.29, 0.717) is 12.3 Å². The Balaban J connectivity index is -0.0000000566. The molecule has 0 heterocycles. The quantitative estimate of drug-likeness (QED) is 0.496. The Morgan fingerprint density at radius 1 is 1.17 bits per heavy atom. The third-order valence-electron chi connectivity index (χ3n) is 1.37. The Bertz CT molecular complexity index is 219. The first kappa shape index (κ1) is 31.7. The van der Waals surface area contributed by atoms with Gasteiger partial charge < -0.3 is 43.0 Å². The van der Waals surface area contributed by atoms with Crippen LogP contribution in [-0.2, 0) is 9.59 Å². The van der Waals surface area contributed by atoms with Crippen molar-refractivity contribution in [2.75, 3.05) is 0 Å². The summed E-state index contributed by atoms with van der Waals surface area (Å²) in [6.07, 6.45) is -0.854. The van der Waals surface area contributed by atoms with E-state index >= 15 is 0 Å². The van der Waals surface area contributed by atoms with E-state index in [4.69, 9.17) is 10.8 Å². The van der Waals surface area contributed by atoms with E-state index < -0.39 is 24.1 Å². The van der Waals surface area contributed by atoms with Crippen molar-refractivity contribution in [1.29, 1.82) is 0 Å². The number of hydrogen-bond acceptors (Lipinski definition) is 6. The molecular weight excluding hydrogens is 301 g/mol. The number of carbonyl (C=O) groups excluding carboxylic acids is 2. The van der Waals surface area contributed by atoms with Gasteiger partial charge in [0.2, 0.25) is 0 Å². The molecular formula is C9H17CaClNNaO5. The molecule has 98 valence electrons. The fourth-order valence-corrected chi connectivity index (χ4v) is 0.604. The topological polar surface area (TPSA) is 127 Å². The van der Waals surface area contributed by atoms with Crippen LogP contribution in [0.2, 0.25) is 0 Å². The summed E-state index contributed by atoms with van der Waals surface area (Å²) < 4.78 is 0. The standard InChI is InChI=1S/C6H13NO2.C3H6O3.Ca.ClH.Na/c1-4(2)3-5(7)6(8)9;1-2(4)3(5)6;;;/h4-5H,3,7H2,1-2H3,(H,8,9);2,4H,1H3,(H,5,6);;1H;/q;;+2;;+1/p-3/t5-;;;;/m0..../s1. The predicted octanol–water partition coefficient (Wildman–Crippen LogP) is -9.15. The normalized spacial score (nSPS) is 11.4. The van der Waals surface area contributed by atoms with Crippen molar-refractivity contribution in [2.45, 2.75) is 39.3 Å². The van der Waals surface area contributed by atoms with Gasteiger partial charge in [-0.05, 0) is 19.3 Å². The van der Waals surface area contributed by atoms with E-state index in [1.807, 2.05) is 13.8 Å². The fraction of sp³-hybridized carbons (Fsp3) is 0.778. The van der Waals surface area contributed by atoms with E-state index in [9.17, 15) is 19.8 Å². The van der Waals surface area contributed by atoms with Crippen LogP contribution in [0.1, 0.15) is 27.2 Å². The predicted molar refractivity (Wildman–Crippen MR) is 54.9 cm³/mol. The van der Waals surface area contributed by atoms with Crippen LogP contribution in [0.15, 0.2) is 0 Å². The zero-order chi connectivity index (χ0) is 12.6. The molecule has 0 aliphatic rings. The van der Waals surface area contributed by atoms with E-state index in [-0.39, 0.29) is 79.7 Å². The Hall–Kier alpha value is 1.41. The number of carboxylic acids is 2. The molecule has 0 aliphatic carbocycles. The molecule has 0 saturated heterocycles. The van der Waals surface area contributed by atoms with Gasteiger partial charge in [0.1, 0.15) is 0 Å². The number of carboxylic acid groups (broad SMARTS) is 2. The Morgan fingerprint density at radius 2 is 1.44 bits per heavy atom. The Kier molecular flexibility index (Phi) is 32.4. The SMILES string of the molecule is CC(C)C[C@H](N)C(=O)[O-].CC(O)C(=O)[O-].[Ca+2].[Cl-].[Na+]. The molecule has 0 spiro atoms. The van der Waals surface area contributed by atoms with Crippen molar-refractivity contribution in [3.8, 4) is 0 Å². The molecule has 0 bridgehead atoms. The van der Waals surface area contributed by atoms with Gasteiger partial charge in [0.05, 0.1) is 18.0 Å². The summed E-state index contributed by atoms with van der Waals surface area (Å²) in [6, 6.07) is -0.801. The van der Waals surface area contributed by atoms with Crippen LogP contribution in [0.4, 0.5) is 0 Å². The number of nitrogens with two attached hydrogens (primary N) is 1. The minimum atomic E-state index is -1.44. The maximum atomic E-state index is 10.00. The molecule has 18 heavy (non-hydrogen) atoms. The van der Waals surface area contributed by atoms with Gasteiger partial charge in [-0.1, -0.05) is 13.8 Å². The van der Waals surface area contributed by atoms with Gasteiger partial charge in [0.25, 0.3) is 0 Å². The average Bonchev–Trinajstić information content (AvgIpc) is 2.03. The minimum absolute atomic E-state index is 0. The van der Waals surface area contributed by atoms with Crippen LogP contribution < -0.4 is 57.9 Å². The number of halogens is 1. The molecule has 0 radical (unpaired) electrons. The monoisotopic (exact) mass is 317 g/mol. The molecule has 1 unspecified atom stereocenters. The van der Waals surface area contributed by atoms with Gasteiger partial charge in [-0.3, -0.25) is 0 Å². The number of aliphatic hydroxyl groups is 1. The van der Waals surface area contributed by atoms with Crippen molar-refractivity contribution in [1.82, 2.24) is 0 Å². The third kappa shape index (κ3) is 26.1. The van der Waals surface area contributed by atoms with Gasteiger partial charge in [0.15, 0.2) is 0 Å². The molecule has 3 N–H and O–H groups in total. The summed E-state index contributed by atoms with van der Waals surface area (Å²) >= 11 is 0. The van der Waals surface area contributed by atoms with Crippen LogP contribution in [0.25, 0.3) is 0 Å². The summed E-state index contributed by atoms with van der Waals surface area (Å²) in [6.45, 7) is 4.97. The average molecular weight is 318 g/mol. The third-order valence-corrected chi connectivity index (χ3v) is 1.37. The largest absolute Gasteiger partial charge is 2.00 e. The van der Waals surface area contributed by atoms with E-state index in [0.717, 1.165) is 6.92 Å². The summed E-state index contributed by atoms with van der Waals surface area (Å²) in [5, 5.41) is 27.3. The van der Waals surface area contributed by atoms with Crippen LogP contribution in [0.5, 0.6) is 0 Å². The zero-order valence-electron chi connectivity index (χ0n) is 11.2. The summed E-state index contributed by atoms with van der Waals surface area (Å²) in [4.78, 5) is 19.3. The Morgan fingerprint density at radius 3 is 1.50 bits per heavy atom. The molecule has 9 heteroatoms. The molecule has 0 fully saturated rings. The fourth-order valence-electron chi connectivity index (χ4n) is 0.604. The summed E-state index contributed by atoms with van der Waals surface area (Å²) in [5.74, 6) is -2.28. The minimum Gasteiger partial charge on any atom is -1.00 e. The molecule has 0 aromatic heterocycles. The van der Waals surface area contributed by atoms with Crippen molar-refractivity contribution in [3.05, 3.63) is 0 Å². The van der Waals surface area contributed by atoms with Gasteiger partial charge in [-0.2, -0.15) is 0 Å². The molecule has 0 amide bonds. The first-order chi connectivity index (χ1) is 6.68. The first-order valence-electron chi connectivity index (χ1n) is 4.53. The molecule has 6 nitrogen and oxygen atoms in total. The Labute approximate surface area is 165 Å². The van der Waals surface area contributed by atoms with E-state index in [1.165, 1.54) is 0 Å². The molecule has 2 atom stereocenters. The molecule has 0 rings (SSSR count). The number of carbonyl (C=O) groups is 2. The van der Waals surface area contributed by atoms with Crippen LogP contribution in [0, 0.1) is 5.92 Å². The summed E-state index contributed by atoms with van der Waals surface area (Å²) in [7, 11) is 0. The zero-order valence-corrected chi connectivity index (χ0v) is 16.1. The van der Waals surface area contributed by atoms with Crippen molar-refractivity contribution in [3.63, 3.8) is 0 Å². The second-order valence-corrected chi connectivity index (χ2v) is 3.55. The number of rotatable bonds is 4. The van der Waals surface area contributed by atoms with Gasteiger partial charge in [-0.15, -0.1) is 0 Å². The molecule has 0 saturated carbocycles. The first-order valence-corrected chi connectivity index (χ1v) is 4.53. The number of aliphatic hydroxyl groups excluding tert-OH is 1. The second-order valence-electron chi connectivity index (χ2n) is 3.55. The summed E-state index contributed by atoms with van der Waals surface area (Å²) in [5.41, 5.74) is 5.16. The van der Waals surface area contributed by atoms with Crippen molar-refractivity contribution in [2.24, 2.45) is 11.7 Å². The van der Waals surface area contributed by atoms with Gasteiger partial charge in [-0.25, -0.2) is 0 Å². The maximum Gasteiger partial charge on any atom is 2.00 e. The van der Waals surface area contributed by atoms with Crippen LogP contribution in [0.3, 0.4) is 0 Å². The van der Waals surface area contributed by atoms with E-state index in [2.05, 4.69) is 0 Å². The molecule has 0 aliphatic heterocycles. The van der Waals surface area contributed by atoms with Gasteiger partial charge >= 0.3 is 67.3 Å². The molecule has 0 aromatic carbocycles. The van der Waals surface area contributed by atoms with Crippen molar-refractivity contribution >= 4 is 49.7 Å².